The number of rotatable bonds is 43. The highest BCUT2D eigenvalue weighted by atomic mass is 16.5. The minimum atomic E-state index is -1.61. The third-order valence-corrected chi connectivity index (χ3v) is 13.7. The van der Waals surface area contributed by atoms with Crippen molar-refractivity contribution in [3.63, 3.8) is 0 Å². The van der Waals surface area contributed by atoms with E-state index < -0.39 is 140 Å². The number of Topliss-reactive ketones (excluding diaryl/α,β-unsaturated/α-hetero) is 2. The standard InChI is InChI=1S/C63H77N9O20/c64-62(65)69-43-19-15-39(16-20-43)60(87)91-46-23-13-38(14-24-46)36-90-57(84)33-42(32-54(78)79)59(86)72-48(34-55(80)81)50(73)12-10-8-6-4-2-1-3-5-7-9-11-29-68-58(85)41(31-53(76)77)30-51(74)49(35-56(82)83)71-52(75)37-89-45-25-27-47(28-26-45)92-61(88)40-17-21-44(22-18-40)70-63(66)67/h13-28,41-42,48-49H,1-12,29-37H2,(H,68,85)(H,71,75)(H,72,86)(H,76,77)(H,78,79)(H,80,81)(H,82,83)(H4,64,65,69)(H4,66,67,70)/t41-,42+,48-,49-/m0/s1. The largest absolute Gasteiger partial charge is 0.484 e. The maximum Gasteiger partial charge on any atom is 0.343 e. The first kappa shape index (κ1) is 73.7. The van der Waals surface area contributed by atoms with Crippen LogP contribution in [0, 0.1) is 11.8 Å². The Balaban J connectivity index is 1.08. The second-order valence-electron chi connectivity index (χ2n) is 21.2. The van der Waals surface area contributed by atoms with Gasteiger partial charge in [-0.3, -0.25) is 47.9 Å². The van der Waals surface area contributed by atoms with Gasteiger partial charge in [0.05, 0.1) is 78.5 Å². The Hall–Kier alpha value is -10.7. The van der Waals surface area contributed by atoms with E-state index in [1.165, 1.54) is 97.1 Å². The highest BCUT2D eigenvalue weighted by Gasteiger charge is 2.32. The van der Waals surface area contributed by atoms with Crippen molar-refractivity contribution >= 4 is 94.4 Å². The smallest absolute Gasteiger partial charge is 0.343 e. The highest BCUT2D eigenvalue weighted by Crippen LogP contribution is 2.23. The van der Waals surface area contributed by atoms with E-state index in [9.17, 15) is 78.0 Å². The molecule has 0 heterocycles. The molecule has 0 aliphatic heterocycles. The van der Waals surface area contributed by atoms with E-state index in [1.807, 2.05) is 0 Å². The molecule has 0 radical (unpaired) electrons. The number of guanidine groups is 2. The molecule has 3 amide bonds. The van der Waals surface area contributed by atoms with Crippen molar-refractivity contribution in [1.82, 2.24) is 16.0 Å². The zero-order chi connectivity index (χ0) is 67.5. The number of aliphatic imine (C=N–C) groups is 2. The molecule has 0 unspecified atom stereocenters. The SMILES string of the molecule is NC(N)=Nc1ccc(C(=O)Oc2ccc(COC(=O)C[C@@H](CC(=O)O)C(=O)N[C@@H](CC(=O)O)C(=O)CCCCCCCCCCCCCNC(=O)[C@H](CC(=O)O)CC(=O)[C@H](CC(=O)O)NC(=O)COc3ccc(OC(=O)c4ccc(N=C(N)N)cc4)cc3)cc2)cc1. The number of carbonyl (C=O) groups excluding carboxylic acids is 8. The molecule has 0 saturated carbocycles. The first-order valence-electron chi connectivity index (χ1n) is 29.4. The monoisotopic (exact) mass is 1280 g/mol. The summed E-state index contributed by atoms with van der Waals surface area (Å²) in [6, 6.07) is 20.4. The van der Waals surface area contributed by atoms with E-state index in [-0.39, 0.29) is 59.9 Å². The Labute approximate surface area is 528 Å². The predicted molar refractivity (Wildman–Crippen MR) is 329 cm³/mol. The maximum absolute atomic E-state index is 13.3. The predicted octanol–water partition coefficient (Wildman–Crippen LogP) is 4.87. The highest BCUT2D eigenvalue weighted by molar-refractivity contribution is 5.97. The van der Waals surface area contributed by atoms with Gasteiger partial charge in [0, 0.05) is 19.4 Å². The summed E-state index contributed by atoms with van der Waals surface area (Å²) in [5.41, 5.74) is 23.2. The van der Waals surface area contributed by atoms with E-state index in [0.717, 1.165) is 51.4 Å². The molecular formula is C63H77N9O20. The number of hydrogen-bond acceptors (Lipinski definition) is 18. The minimum absolute atomic E-state index is 0.0503. The zero-order valence-corrected chi connectivity index (χ0v) is 50.4. The number of aliphatic carboxylic acids is 4. The van der Waals surface area contributed by atoms with Crippen molar-refractivity contribution in [2.24, 2.45) is 44.8 Å². The second-order valence-corrected chi connectivity index (χ2v) is 21.2. The van der Waals surface area contributed by atoms with Gasteiger partial charge in [0.1, 0.15) is 23.9 Å². The van der Waals surface area contributed by atoms with Crippen LogP contribution in [0.5, 0.6) is 17.2 Å². The van der Waals surface area contributed by atoms with E-state index >= 15 is 0 Å². The molecule has 4 rings (SSSR count). The number of nitrogens with zero attached hydrogens (tertiary/aromatic N) is 2. The van der Waals surface area contributed by atoms with Crippen molar-refractivity contribution in [2.45, 2.75) is 134 Å². The number of benzene rings is 4. The summed E-state index contributed by atoms with van der Waals surface area (Å²) < 4.78 is 21.4. The van der Waals surface area contributed by atoms with Crippen LogP contribution in [0.15, 0.2) is 107 Å². The van der Waals surface area contributed by atoms with Crippen molar-refractivity contribution in [3.05, 3.63) is 114 Å². The summed E-state index contributed by atoms with van der Waals surface area (Å²) in [5, 5.41) is 45.3. The number of amides is 3. The van der Waals surface area contributed by atoms with Gasteiger partial charge in [0.2, 0.25) is 11.8 Å². The molecule has 29 heteroatoms. The molecule has 0 aliphatic rings. The Morgan fingerprint density at radius 2 is 0.848 bits per heavy atom. The third kappa shape index (κ3) is 29.5. The van der Waals surface area contributed by atoms with Gasteiger partial charge in [0.25, 0.3) is 5.91 Å². The number of nitrogens with two attached hydrogens (primary N) is 4. The Kier molecular flexibility index (Phi) is 31.5. The van der Waals surface area contributed by atoms with Gasteiger partial charge in [-0.05, 0) is 103 Å². The number of unbranched alkanes of at least 4 members (excludes halogenated alkanes) is 10. The first-order valence-corrected chi connectivity index (χ1v) is 29.4. The van der Waals surface area contributed by atoms with E-state index in [0.29, 0.717) is 36.2 Å². The molecule has 0 aromatic heterocycles. The third-order valence-electron chi connectivity index (χ3n) is 13.7. The number of carboxylic acid groups (broad SMARTS) is 4. The van der Waals surface area contributed by atoms with Crippen molar-refractivity contribution in [3.8, 4) is 17.2 Å². The molecule has 0 aliphatic carbocycles. The van der Waals surface area contributed by atoms with Crippen LogP contribution in [0.3, 0.4) is 0 Å². The Bertz CT molecular complexity index is 3020. The number of carboxylic acids is 4. The average Bonchev–Trinajstić information content (AvgIpc) is 1.24. The second kappa shape index (κ2) is 39.3. The molecule has 494 valence electrons. The molecule has 92 heavy (non-hydrogen) atoms. The Morgan fingerprint density at radius 1 is 0.435 bits per heavy atom. The van der Waals surface area contributed by atoms with Gasteiger partial charge in [-0.15, -0.1) is 0 Å². The van der Waals surface area contributed by atoms with E-state index in [1.54, 1.807) is 0 Å². The number of carbonyl (C=O) groups is 12. The molecule has 29 nitrogen and oxygen atoms in total. The minimum Gasteiger partial charge on any atom is -0.484 e. The van der Waals surface area contributed by atoms with E-state index in [2.05, 4.69) is 25.9 Å². The van der Waals surface area contributed by atoms with Crippen LogP contribution in [-0.4, -0.2) is 129 Å². The van der Waals surface area contributed by atoms with Crippen LogP contribution in [0.4, 0.5) is 11.4 Å². The van der Waals surface area contributed by atoms with Crippen LogP contribution >= 0.6 is 0 Å². The lowest BCUT2D eigenvalue weighted by Crippen LogP contribution is -2.45. The normalized spacial score (nSPS) is 12.0. The number of ether oxygens (including phenoxy) is 4. The summed E-state index contributed by atoms with van der Waals surface area (Å²) in [6.45, 7) is -0.753. The van der Waals surface area contributed by atoms with Gasteiger partial charge in [-0.25, -0.2) is 19.6 Å². The van der Waals surface area contributed by atoms with Crippen LogP contribution in [0.25, 0.3) is 0 Å². The van der Waals surface area contributed by atoms with Crippen LogP contribution in [-0.2, 0) is 59.3 Å². The van der Waals surface area contributed by atoms with Crippen LogP contribution < -0.4 is 53.1 Å². The molecule has 0 bridgehead atoms. The maximum atomic E-state index is 13.3. The van der Waals surface area contributed by atoms with Gasteiger partial charge in [-0.2, -0.15) is 0 Å². The summed E-state index contributed by atoms with van der Waals surface area (Å²) in [7, 11) is 0. The fraction of sp³-hybridized carbons (Fsp3) is 0.397. The van der Waals surface area contributed by atoms with Gasteiger partial charge < -0.3 is 78.3 Å². The fourth-order valence-electron chi connectivity index (χ4n) is 9.04. The number of esters is 3. The molecule has 4 aromatic carbocycles. The van der Waals surface area contributed by atoms with Gasteiger partial charge in [-0.1, -0.05) is 69.9 Å². The summed E-state index contributed by atoms with van der Waals surface area (Å²) in [4.78, 5) is 158. The topological polar surface area (TPSA) is 488 Å². The van der Waals surface area contributed by atoms with Crippen molar-refractivity contribution < 1.29 is 96.9 Å². The summed E-state index contributed by atoms with van der Waals surface area (Å²) in [5.74, 6) is -14.6. The lowest BCUT2D eigenvalue weighted by Gasteiger charge is -2.20. The first-order chi connectivity index (χ1) is 43.8. The fourth-order valence-corrected chi connectivity index (χ4v) is 9.04. The molecule has 0 fully saturated rings. The lowest BCUT2D eigenvalue weighted by molar-refractivity contribution is -0.150. The van der Waals surface area contributed by atoms with E-state index in [4.69, 9.17) is 41.9 Å². The van der Waals surface area contributed by atoms with Crippen LogP contribution in [0.1, 0.15) is 142 Å². The zero-order valence-electron chi connectivity index (χ0n) is 50.4. The summed E-state index contributed by atoms with van der Waals surface area (Å²) >= 11 is 0. The Morgan fingerprint density at radius 3 is 1.30 bits per heavy atom. The molecule has 15 N–H and O–H groups in total. The number of ketones is 2. The van der Waals surface area contributed by atoms with Gasteiger partial charge >= 0.3 is 41.8 Å². The number of nitrogens with one attached hydrogen (secondary N) is 3. The molecule has 4 aromatic rings. The molecule has 0 saturated heterocycles. The number of hydrogen-bond donors (Lipinski definition) is 11. The lowest BCUT2D eigenvalue weighted by atomic mass is 9.93. The summed E-state index contributed by atoms with van der Waals surface area (Å²) in [6.07, 6.45) is 3.94. The quantitative estimate of drug-likeness (QED) is 0.00925. The average molecular weight is 1280 g/mol. The molecular weight excluding hydrogens is 1200 g/mol. The molecule has 4 atom stereocenters. The van der Waals surface area contributed by atoms with Gasteiger partial charge in [0.15, 0.2) is 30.1 Å². The molecule has 0 spiro atoms. The van der Waals surface area contributed by atoms with Crippen molar-refractivity contribution in [1.29, 1.82) is 0 Å². The van der Waals surface area contributed by atoms with Crippen LogP contribution in [0.2, 0.25) is 0 Å². The van der Waals surface area contributed by atoms with Crippen molar-refractivity contribution in [2.75, 3.05) is 13.2 Å².